The molecule has 1 amide bonds. The van der Waals surface area contributed by atoms with E-state index >= 15 is 0 Å². The summed E-state index contributed by atoms with van der Waals surface area (Å²) >= 11 is 5.84. The van der Waals surface area contributed by atoms with Gasteiger partial charge in [0.05, 0.1) is 30.6 Å². The fourth-order valence-corrected chi connectivity index (χ4v) is 5.04. The van der Waals surface area contributed by atoms with Crippen molar-refractivity contribution in [2.45, 2.75) is 46.3 Å². The number of benzene rings is 1. The number of hydrogen-bond donors (Lipinski definition) is 2. The molecule has 33 heavy (non-hydrogen) atoms. The van der Waals surface area contributed by atoms with E-state index in [9.17, 15) is 4.79 Å². The molecule has 2 aromatic heterocycles. The van der Waals surface area contributed by atoms with Gasteiger partial charge in [0, 0.05) is 36.7 Å². The van der Waals surface area contributed by atoms with E-state index in [1.807, 2.05) is 36.4 Å². The molecule has 0 radical (unpaired) electrons. The molecule has 7 nitrogen and oxygen atoms in total. The van der Waals surface area contributed by atoms with E-state index in [0.29, 0.717) is 16.5 Å². The molecule has 8 heteroatoms. The molecule has 0 spiro atoms. The van der Waals surface area contributed by atoms with Gasteiger partial charge in [0.2, 0.25) is 5.91 Å². The van der Waals surface area contributed by atoms with Gasteiger partial charge in [-0.1, -0.05) is 6.07 Å². The Balaban J connectivity index is 1.88. The van der Waals surface area contributed by atoms with Gasteiger partial charge in [0.15, 0.2) is 5.11 Å². The van der Waals surface area contributed by atoms with Crippen molar-refractivity contribution in [1.82, 2.24) is 14.9 Å². The lowest BCUT2D eigenvalue weighted by atomic mass is 9.96. The number of ether oxygens (including phenoxy) is 1. The maximum Gasteiger partial charge on any atom is 0.221 e. The van der Waals surface area contributed by atoms with Crippen molar-refractivity contribution in [1.29, 1.82) is 0 Å². The van der Waals surface area contributed by atoms with E-state index in [-0.39, 0.29) is 18.0 Å². The first-order chi connectivity index (χ1) is 15.8. The minimum atomic E-state index is -0.165. The number of carbonyl (C=O) groups excluding carboxylic acids is 1. The van der Waals surface area contributed by atoms with Gasteiger partial charge in [0.1, 0.15) is 5.75 Å². The van der Waals surface area contributed by atoms with Crippen molar-refractivity contribution in [3.05, 3.63) is 71.3 Å². The summed E-state index contributed by atoms with van der Waals surface area (Å²) in [6, 6.07) is 13.6. The molecule has 0 unspecified atom stereocenters. The smallest absolute Gasteiger partial charge is 0.221 e. The third kappa shape index (κ3) is 4.18. The van der Waals surface area contributed by atoms with Crippen LogP contribution in [0.25, 0.3) is 0 Å². The summed E-state index contributed by atoms with van der Waals surface area (Å²) in [7, 11) is 1.59. The number of amides is 1. The highest BCUT2D eigenvalue weighted by molar-refractivity contribution is 7.80. The van der Waals surface area contributed by atoms with E-state index in [2.05, 4.69) is 51.9 Å². The molecule has 1 saturated heterocycles. The average molecular weight is 464 g/mol. The van der Waals surface area contributed by atoms with Crippen molar-refractivity contribution in [3.63, 3.8) is 0 Å². The van der Waals surface area contributed by atoms with Crippen LogP contribution in [0.2, 0.25) is 0 Å². The topological polar surface area (TPSA) is 71.4 Å². The average Bonchev–Trinajstić information content (AvgIpc) is 3.28. The Bertz CT molecular complexity index is 1190. The number of carbonyl (C=O) groups is 1. The van der Waals surface area contributed by atoms with Crippen LogP contribution in [0.4, 0.5) is 11.4 Å². The van der Waals surface area contributed by atoms with Crippen molar-refractivity contribution in [2.24, 2.45) is 0 Å². The van der Waals surface area contributed by atoms with E-state index < -0.39 is 0 Å². The normalized spacial score (nSPS) is 17.7. The van der Waals surface area contributed by atoms with Gasteiger partial charge in [-0.15, -0.1) is 0 Å². The summed E-state index contributed by atoms with van der Waals surface area (Å²) in [6.45, 7) is 8.80. The summed E-state index contributed by atoms with van der Waals surface area (Å²) in [6.07, 6.45) is 1.80. The standard InChI is InChI=1S/C25H29N5O2S/c1-6-29-15(2)13-19(16(29)3)24-23(20-9-7-8-12-26-20)28-25(33)30(24)18-10-11-22(32-5)21(14-18)27-17(4)31/h7-14,23-24H,6H2,1-5H3,(H,27,31)(H,28,33)/t23-,24-/m0/s1. The van der Waals surface area contributed by atoms with Gasteiger partial charge < -0.3 is 24.8 Å². The first-order valence-electron chi connectivity index (χ1n) is 11.0. The molecular weight excluding hydrogens is 434 g/mol. The predicted octanol–water partition coefficient (Wildman–Crippen LogP) is 4.66. The highest BCUT2D eigenvalue weighted by Crippen LogP contribution is 2.44. The van der Waals surface area contributed by atoms with Crippen LogP contribution in [0, 0.1) is 13.8 Å². The molecule has 1 fully saturated rings. The number of rotatable bonds is 6. The van der Waals surface area contributed by atoms with Crippen LogP contribution in [-0.2, 0) is 11.3 Å². The first-order valence-corrected chi connectivity index (χ1v) is 11.4. The summed E-state index contributed by atoms with van der Waals surface area (Å²) < 4.78 is 7.76. The maximum absolute atomic E-state index is 11.8. The number of methoxy groups -OCH3 is 1. The number of anilines is 2. The molecule has 3 aromatic rings. The molecule has 4 rings (SSSR count). The van der Waals surface area contributed by atoms with Gasteiger partial charge in [-0.25, -0.2) is 0 Å². The van der Waals surface area contributed by atoms with E-state index in [1.165, 1.54) is 23.9 Å². The summed E-state index contributed by atoms with van der Waals surface area (Å²) in [5.74, 6) is 0.427. The number of pyridine rings is 1. The Labute approximate surface area is 199 Å². The Hall–Kier alpha value is -3.39. The Morgan fingerprint density at radius 2 is 2.03 bits per heavy atom. The van der Waals surface area contributed by atoms with Gasteiger partial charge in [-0.2, -0.15) is 0 Å². The monoisotopic (exact) mass is 463 g/mol. The SMILES string of the molecule is CCn1c(C)cc([C@H]2[C@H](c3ccccn3)NC(=S)N2c2ccc(OC)c(NC(C)=O)c2)c1C. The van der Waals surface area contributed by atoms with Crippen LogP contribution in [0.5, 0.6) is 5.75 Å². The van der Waals surface area contributed by atoms with Gasteiger partial charge in [-0.3, -0.25) is 9.78 Å². The van der Waals surface area contributed by atoms with Crippen LogP contribution in [-0.4, -0.2) is 27.7 Å². The van der Waals surface area contributed by atoms with Crippen molar-refractivity contribution in [2.75, 3.05) is 17.3 Å². The lowest BCUT2D eigenvalue weighted by Gasteiger charge is -2.29. The summed E-state index contributed by atoms with van der Waals surface area (Å²) in [5.41, 5.74) is 5.98. The Morgan fingerprint density at radius 3 is 2.64 bits per heavy atom. The molecule has 1 aliphatic rings. The summed E-state index contributed by atoms with van der Waals surface area (Å²) in [5, 5.41) is 6.97. The lowest BCUT2D eigenvalue weighted by molar-refractivity contribution is -0.114. The second-order valence-electron chi connectivity index (χ2n) is 8.13. The fraction of sp³-hybridized carbons (Fsp3) is 0.320. The number of hydrogen-bond acceptors (Lipinski definition) is 4. The summed E-state index contributed by atoms with van der Waals surface area (Å²) in [4.78, 5) is 18.5. The molecule has 3 heterocycles. The second-order valence-corrected chi connectivity index (χ2v) is 8.52. The lowest BCUT2D eigenvalue weighted by Crippen LogP contribution is -2.29. The van der Waals surface area contributed by atoms with Crippen LogP contribution >= 0.6 is 12.2 Å². The van der Waals surface area contributed by atoms with Crippen molar-refractivity contribution >= 4 is 34.6 Å². The first kappa shape index (κ1) is 22.8. The number of aromatic nitrogens is 2. The maximum atomic E-state index is 11.8. The molecule has 2 atom stereocenters. The number of nitrogens with zero attached hydrogens (tertiary/aromatic N) is 3. The Morgan fingerprint density at radius 1 is 1.24 bits per heavy atom. The minimum Gasteiger partial charge on any atom is -0.495 e. The van der Waals surface area contributed by atoms with Crippen LogP contribution in [0.15, 0.2) is 48.7 Å². The zero-order valence-corrected chi connectivity index (χ0v) is 20.4. The third-order valence-corrected chi connectivity index (χ3v) is 6.43. The van der Waals surface area contributed by atoms with E-state index in [1.54, 1.807) is 13.3 Å². The molecule has 1 aromatic carbocycles. The quantitative estimate of drug-likeness (QED) is 0.518. The van der Waals surface area contributed by atoms with Crippen molar-refractivity contribution < 1.29 is 9.53 Å². The minimum absolute atomic E-state index is 0.113. The molecule has 172 valence electrons. The van der Waals surface area contributed by atoms with Crippen LogP contribution in [0.1, 0.15) is 48.6 Å². The third-order valence-electron chi connectivity index (χ3n) is 6.12. The number of thiocarbonyl (C=S) groups is 1. The molecule has 2 N–H and O–H groups in total. The van der Waals surface area contributed by atoms with Gasteiger partial charge in [0.25, 0.3) is 0 Å². The molecular formula is C25H29N5O2S. The highest BCUT2D eigenvalue weighted by atomic mass is 32.1. The van der Waals surface area contributed by atoms with Crippen molar-refractivity contribution in [3.8, 4) is 5.75 Å². The molecule has 0 aliphatic carbocycles. The largest absolute Gasteiger partial charge is 0.495 e. The van der Waals surface area contributed by atoms with E-state index in [0.717, 1.165) is 17.9 Å². The molecule has 1 aliphatic heterocycles. The number of nitrogens with one attached hydrogen (secondary N) is 2. The molecule has 0 bridgehead atoms. The molecule has 0 saturated carbocycles. The Kier molecular flexibility index (Phi) is 6.37. The fourth-order valence-electron chi connectivity index (χ4n) is 4.70. The van der Waals surface area contributed by atoms with E-state index in [4.69, 9.17) is 17.0 Å². The predicted molar refractivity (Wildman–Crippen MR) is 135 cm³/mol. The van der Waals surface area contributed by atoms with Crippen LogP contribution < -0.4 is 20.3 Å². The second kappa shape index (κ2) is 9.23. The number of aryl methyl sites for hydroxylation is 1. The zero-order valence-electron chi connectivity index (χ0n) is 19.5. The van der Waals surface area contributed by atoms with Gasteiger partial charge >= 0.3 is 0 Å². The highest BCUT2D eigenvalue weighted by Gasteiger charge is 2.42. The zero-order chi connectivity index (χ0) is 23.7. The van der Waals surface area contributed by atoms with Gasteiger partial charge in [-0.05, 0) is 75.0 Å². The van der Waals surface area contributed by atoms with Crippen LogP contribution in [0.3, 0.4) is 0 Å².